The lowest BCUT2D eigenvalue weighted by Gasteiger charge is -2.19. The van der Waals surface area contributed by atoms with Crippen molar-refractivity contribution in [1.29, 1.82) is 0 Å². The summed E-state index contributed by atoms with van der Waals surface area (Å²) in [6.07, 6.45) is 4.58. The highest BCUT2D eigenvalue weighted by Gasteiger charge is 2.26. The highest BCUT2D eigenvalue weighted by Crippen LogP contribution is 2.26. The number of nitrogens with one attached hydrogen (secondary N) is 1. The number of likely N-dealkylation sites (N-methyl/N-ethyl adjacent to an activating group) is 1. The molecule has 1 aliphatic rings. The van der Waals surface area contributed by atoms with E-state index in [0.717, 1.165) is 48.1 Å². The van der Waals surface area contributed by atoms with Crippen molar-refractivity contribution >= 4 is 22.5 Å². The minimum absolute atomic E-state index is 0.771. The molecule has 1 fully saturated rings. The third kappa shape index (κ3) is 3.54. The topological polar surface area (TPSA) is 28.2 Å². The van der Waals surface area contributed by atoms with Crippen LogP contribution < -0.4 is 5.32 Å². The van der Waals surface area contributed by atoms with Gasteiger partial charge in [0, 0.05) is 42.3 Å². The first-order chi connectivity index (χ1) is 10.3. The van der Waals surface area contributed by atoms with Gasteiger partial charge in [-0.05, 0) is 43.1 Å². The minimum atomic E-state index is 0.771. The number of aromatic nitrogens is 1. The van der Waals surface area contributed by atoms with Gasteiger partial charge in [0.2, 0.25) is 0 Å². The molecule has 0 amide bonds. The number of benzene rings is 1. The zero-order valence-corrected chi connectivity index (χ0v) is 13.2. The zero-order valence-electron chi connectivity index (χ0n) is 12.5. The van der Waals surface area contributed by atoms with Crippen LogP contribution in [-0.2, 0) is 6.54 Å². The van der Waals surface area contributed by atoms with Crippen LogP contribution in [0.1, 0.15) is 25.3 Å². The predicted octanol–water partition coefficient (Wildman–Crippen LogP) is 3.46. The summed E-state index contributed by atoms with van der Waals surface area (Å²) in [4.78, 5) is 7.04. The van der Waals surface area contributed by atoms with E-state index in [1.807, 2.05) is 24.4 Å². The van der Waals surface area contributed by atoms with E-state index in [-0.39, 0.29) is 0 Å². The molecule has 112 valence electrons. The van der Waals surface area contributed by atoms with Gasteiger partial charge >= 0.3 is 0 Å². The second-order valence-electron chi connectivity index (χ2n) is 5.64. The fourth-order valence-corrected chi connectivity index (χ4v) is 3.04. The van der Waals surface area contributed by atoms with Crippen LogP contribution >= 0.6 is 11.6 Å². The number of fused-ring (bicyclic) bond motifs is 1. The number of nitrogens with zero attached hydrogens (tertiary/aromatic N) is 2. The summed E-state index contributed by atoms with van der Waals surface area (Å²) in [7, 11) is 0. The fraction of sp³-hybridized carbons (Fsp3) is 0.471. The minimum Gasteiger partial charge on any atom is -0.311 e. The van der Waals surface area contributed by atoms with Crippen molar-refractivity contribution in [2.24, 2.45) is 0 Å². The first-order valence-corrected chi connectivity index (χ1v) is 8.14. The Morgan fingerprint density at radius 3 is 2.95 bits per heavy atom. The molecule has 0 atom stereocenters. The van der Waals surface area contributed by atoms with Gasteiger partial charge in [0.25, 0.3) is 0 Å². The molecule has 0 bridgehead atoms. The third-order valence-electron chi connectivity index (χ3n) is 4.16. The van der Waals surface area contributed by atoms with Crippen molar-refractivity contribution in [3.8, 4) is 0 Å². The monoisotopic (exact) mass is 303 g/mol. The Kier molecular flexibility index (Phi) is 4.73. The number of rotatable bonds is 7. The van der Waals surface area contributed by atoms with Crippen molar-refractivity contribution < 1.29 is 0 Å². The van der Waals surface area contributed by atoms with Crippen molar-refractivity contribution in [1.82, 2.24) is 15.2 Å². The Hall–Kier alpha value is -1.16. The lowest BCUT2D eigenvalue weighted by Crippen LogP contribution is -2.33. The molecular formula is C17H22ClN3. The molecule has 2 aromatic rings. The molecule has 3 nitrogen and oxygen atoms in total. The molecule has 1 aromatic heterocycles. The standard InChI is InChI=1S/C17H22ClN3/c1-2-21(14-6-7-14)11-10-19-12-13-5-8-16(18)15-4-3-9-20-17(13)15/h3-5,8-9,14,19H,2,6-7,10-12H2,1H3. The number of pyridine rings is 1. The van der Waals surface area contributed by atoms with Gasteiger partial charge in [-0.25, -0.2) is 0 Å². The maximum Gasteiger partial charge on any atom is 0.0761 e. The van der Waals surface area contributed by atoms with Crippen LogP contribution in [0.25, 0.3) is 10.9 Å². The van der Waals surface area contributed by atoms with Crippen molar-refractivity contribution in [3.63, 3.8) is 0 Å². The first-order valence-electron chi connectivity index (χ1n) is 7.76. The van der Waals surface area contributed by atoms with Gasteiger partial charge in [0.15, 0.2) is 0 Å². The normalized spacial score (nSPS) is 15.0. The molecule has 0 unspecified atom stereocenters. The Labute approximate surface area is 131 Å². The summed E-state index contributed by atoms with van der Waals surface area (Å²) >= 11 is 6.23. The van der Waals surface area contributed by atoms with E-state index in [0.29, 0.717) is 0 Å². The van der Waals surface area contributed by atoms with E-state index < -0.39 is 0 Å². The van der Waals surface area contributed by atoms with Gasteiger partial charge in [-0.15, -0.1) is 0 Å². The van der Waals surface area contributed by atoms with E-state index in [4.69, 9.17) is 11.6 Å². The lowest BCUT2D eigenvalue weighted by molar-refractivity contribution is 0.277. The summed E-state index contributed by atoms with van der Waals surface area (Å²) in [6.45, 7) is 6.38. The van der Waals surface area contributed by atoms with E-state index in [2.05, 4.69) is 28.2 Å². The summed E-state index contributed by atoms with van der Waals surface area (Å²) < 4.78 is 0. The second kappa shape index (κ2) is 6.73. The highest BCUT2D eigenvalue weighted by molar-refractivity contribution is 6.35. The van der Waals surface area contributed by atoms with E-state index in [1.54, 1.807) is 0 Å². The SMILES string of the molecule is CCN(CCNCc1ccc(Cl)c2cccnc12)C1CC1. The third-order valence-corrected chi connectivity index (χ3v) is 4.49. The Balaban J connectivity index is 1.59. The smallest absolute Gasteiger partial charge is 0.0761 e. The van der Waals surface area contributed by atoms with Gasteiger partial charge in [-0.2, -0.15) is 0 Å². The van der Waals surface area contributed by atoms with Crippen LogP contribution in [0.3, 0.4) is 0 Å². The van der Waals surface area contributed by atoms with Crippen molar-refractivity contribution in [2.45, 2.75) is 32.4 Å². The zero-order chi connectivity index (χ0) is 14.7. The highest BCUT2D eigenvalue weighted by atomic mass is 35.5. The Morgan fingerprint density at radius 1 is 1.33 bits per heavy atom. The number of halogens is 1. The van der Waals surface area contributed by atoms with Gasteiger partial charge in [-0.1, -0.05) is 24.6 Å². The van der Waals surface area contributed by atoms with E-state index >= 15 is 0 Å². The van der Waals surface area contributed by atoms with Crippen LogP contribution in [-0.4, -0.2) is 35.6 Å². The maximum absolute atomic E-state index is 6.23. The molecule has 0 aliphatic heterocycles. The Bertz CT molecular complexity index is 610. The average molecular weight is 304 g/mol. The molecule has 1 aliphatic carbocycles. The van der Waals surface area contributed by atoms with Crippen molar-refractivity contribution in [3.05, 3.63) is 41.0 Å². The Morgan fingerprint density at radius 2 is 2.19 bits per heavy atom. The largest absolute Gasteiger partial charge is 0.311 e. The molecule has 1 saturated carbocycles. The van der Waals surface area contributed by atoms with E-state index in [1.165, 1.54) is 18.4 Å². The first kappa shape index (κ1) is 14.8. The molecule has 0 saturated heterocycles. The summed E-state index contributed by atoms with van der Waals surface area (Å²) in [5.74, 6) is 0. The molecule has 4 heteroatoms. The summed E-state index contributed by atoms with van der Waals surface area (Å²) in [6, 6.07) is 8.84. The lowest BCUT2D eigenvalue weighted by atomic mass is 10.1. The molecule has 21 heavy (non-hydrogen) atoms. The van der Waals surface area contributed by atoms with E-state index in [9.17, 15) is 0 Å². The van der Waals surface area contributed by atoms with Crippen LogP contribution in [0.5, 0.6) is 0 Å². The van der Waals surface area contributed by atoms with Crippen LogP contribution in [0.2, 0.25) is 5.02 Å². The van der Waals surface area contributed by atoms with Crippen LogP contribution in [0.15, 0.2) is 30.5 Å². The molecule has 1 N–H and O–H groups in total. The second-order valence-corrected chi connectivity index (χ2v) is 6.05. The van der Waals surface area contributed by atoms with Crippen LogP contribution in [0.4, 0.5) is 0 Å². The molecule has 0 spiro atoms. The van der Waals surface area contributed by atoms with Crippen LogP contribution in [0, 0.1) is 0 Å². The fourth-order valence-electron chi connectivity index (χ4n) is 2.82. The van der Waals surface area contributed by atoms with Gasteiger partial charge < -0.3 is 5.32 Å². The van der Waals surface area contributed by atoms with Gasteiger partial charge in [0.05, 0.1) is 5.52 Å². The molecule has 3 rings (SSSR count). The summed E-state index contributed by atoms with van der Waals surface area (Å²) in [5, 5.41) is 5.34. The number of hydrogen-bond donors (Lipinski definition) is 1. The molecule has 1 heterocycles. The molecule has 0 radical (unpaired) electrons. The predicted molar refractivity (Wildman–Crippen MR) is 88.7 cm³/mol. The number of hydrogen-bond acceptors (Lipinski definition) is 3. The molecular weight excluding hydrogens is 282 g/mol. The van der Waals surface area contributed by atoms with Gasteiger partial charge in [0.1, 0.15) is 0 Å². The summed E-state index contributed by atoms with van der Waals surface area (Å²) in [5.41, 5.74) is 2.22. The quantitative estimate of drug-likeness (QED) is 0.794. The molecule has 1 aromatic carbocycles. The van der Waals surface area contributed by atoms with Gasteiger partial charge in [-0.3, -0.25) is 9.88 Å². The average Bonchev–Trinajstić information content (AvgIpc) is 3.34. The maximum atomic E-state index is 6.23. The van der Waals surface area contributed by atoms with Crippen molar-refractivity contribution in [2.75, 3.05) is 19.6 Å².